The third-order valence-corrected chi connectivity index (χ3v) is 6.61. The first-order valence-electron chi connectivity index (χ1n) is 10.3. The summed E-state index contributed by atoms with van der Waals surface area (Å²) in [6.45, 7) is 3.44. The van der Waals surface area contributed by atoms with Crippen LogP contribution in [-0.4, -0.2) is 23.5 Å². The van der Waals surface area contributed by atoms with Gasteiger partial charge in [0.25, 0.3) is 5.91 Å². The van der Waals surface area contributed by atoms with Crippen molar-refractivity contribution in [2.45, 2.75) is 19.9 Å². The van der Waals surface area contributed by atoms with Crippen molar-refractivity contribution in [2.75, 3.05) is 11.5 Å². The molecule has 1 aliphatic heterocycles. The van der Waals surface area contributed by atoms with Gasteiger partial charge in [-0.05, 0) is 49.7 Å². The second kappa shape index (κ2) is 8.14. The van der Waals surface area contributed by atoms with E-state index in [1.54, 1.807) is 13.8 Å². The Morgan fingerprint density at radius 2 is 1.85 bits per heavy atom. The van der Waals surface area contributed by atoms with E-state index in [1.807, 2.05) is 0 Å². The van der Waals surface area contributed by atoms with Gasteiger partial charge in [0, 0.05) is 0 Å². The molecule has 2 aromatic carbocycles. The quantitative estimate of drug-likeness (QED) is 0.390. The molecule has 0 N–H and O–H groups in total. The molecule has 3 heterocycles. The molecule has 1 unspecified atom stereocenters. The second-order valence-corrected chi connectivity index (χ2v) is 8.55. The van der Waals surface area contributed by atoms with Crippen LogP contribution in [0.3, 0.4) is 0 Å². The third kappa shape index (κ3) is 3.38. The number of esters is 1. The highest BCUT2D eigenvalue weighted by atomic mass is 32.1. The lowest BCUT2D eigenvalue weighted by molar-refractivity contribution is 0.0531. The van der Waals surface area contributed by atoms with Gasteiger partial charge >= 0.3 is 5.97 Å². The zero-order chi connectivity index (χ0) is 24.1. The molecule has 34 heavy (non-hydrogen) atoms. The summed E-state index contributed by atoms with van der Waals surface area (Å²) >= 11 is 0.935. The molecule has 1 aliphatic rings. The van der Waals surface area contributed by atoms with E-state index < -0.39 is 35.0 Å². The molecule has 4 aromatic rings. The Morgan fingerprint density at radius 1 is 1.15 bits per heavy atom. The molecule has 0 aliphatic carbocycles. The van der Waals surface area contributed by atoms with Crippen molar-refractivity contribution in [1.29, 1.82) is 0 Å². The Bertz CT molecular complexity index is 1530. The molecular formula is C24H16F2N2O5S. The van der Waals surface area contributed by atoms with Crippen LogP contribution < -0.4 is 10.3 Å². The number of thiazole rings is 1. The molecule has 0 saturated heterocycles. The number of rotatable bonds is 4. The fourth-order valence-electron chi connectivity index (χ4n) is 3.97. The van der Waals surface area contributed by atoms with Crippen LogP contribution in [0.1, 0.15) is 50.0 Å². The van der Waals surface area contributed by atoms with Gasteiger partial charge in [-0.1, -0.05) is 23.5 Å². The molecule has 1 amide bonds. The largest absolute Gasteiger partial charge is 0.462 e. The topological polar surface area (TPSA) is 89.7 Å². The van der Waals surface area contributed by atoms with Gasteiger partial charge in [0.1, 0.15) is 22.1 Å². The fourth-order valence-corrected chi connectivity index (χ4v) is 4.96. The Morgan fingerprint density at radius 3 is 2.56 bits per heavy atom. The Kier molecular flexibility index (Phi) is 5.24. The van der Waals surface area contributed by atoms with Crippen LogP contribution in [-0.2, 0) is 4.74 Å². The lowest BCUT2D eigenvalue weighted by Gasteiger charge is -2.22. The van der Waals surface area contributed by atoms with E-state index in [4.69, 9.17) is 9.15 Å². The number of benzene rings is 2. The van der Waals surface area contributed by atoms with Crippen molar-refractivity contribution >= 4 is 39.3 Å². The highest BCUT2D eigenvalue weighted by Crippen LogP contribution is 2.43. The predicted molar refractivity (Wildman–Crippen MR) is 120 cm³/mol. The average Bonchev–Trinajstić information content (AvgIpc) is 3.33. The van der Waals surface area contributed by atoms with Gasteiger partial charge in [-0.25, -0.2) is 18.6 Å². The first kappa shape index (κ1) is 21.9. The van der Waals surface area contributed by atoms with Gasteiger partial charge in [0.15, 0.2) is 10.6 Å². The Balaban J connectivity index is 1.75. The minimum Gasteiger partial charge on any atom is -0.462 e. The van der Waals surface area contributed by atoms with Crippen LogP contribution in [0.15, 0.2) is 51.7 Å². The Hall–Kier alpha value is -3.92. The zero-order valence-corrected chi connectivity index (χ0v) is 18.7. The number of hydrogen-bond acceptors (Lipinski definition) is 7. The number of aryl methyl sites for hydroxylation is 1. The highest BCUT2D eigenvalue weighted by Gasteiger charge is 2.45. The Labute approximate surface area is 195 Å². The van der Waals surface area contributed by atoms with Gasteiger partial charge in [-0.3, -0.25) is 14.5 Å². The van der Waals surface area contributed by atoms with E-state index in [-0.39, 0.29) is 38.9 Å². The summed E-state index contributed by atoms with van der Waals surface area (Å²) in [5.41, 5.74) is 0.231. The molecule has 0 saturated carbocycles. The summed E-state index contributed by atoms with van der Waals surface area (Å²) in [5.74, 6) is -2.58. The number of hydrogen-bond donors (Lipinski definition) is 0. The van der Waals surface area contributed by atoms with E-state index in [0.717, 1.165) is 23.5 Å². The van der Waals surface area contributed by atoms with Crippen LogP contribution in [0.2, 0.25) is 0 Å². The molecule has 172 valence electrons. The van der Waals surface area contributed by atoms with Crippen LogP contribution in [0, 0.1) is 18.6 Å². The minimum absolute atomic E-state index is 0.0137. The van der Waals surface area contributed by atoms with Gasteiger partial charge < -0.3 is 9.15 Å². The second-order valence-electron chi connectivity index (χ2n) is 7.58. The molecule has 7 nitrogen and oxygen atoms in total. The monoisotopic (exact) mass is 482 g/mol. The van der Waals surface area contributed by atoms with Gasteiger partial charge in [0.05, 0.1) is 29.3 Å². The molecule has 10 heteroatoms. The lowest BCUT2D eigenvalue weighted by atomic mass is 9.98. The first-order valence-corrected chi connectivity index (χ1v) is 11.1. The molecule has 0 spiro atoms. The number of halogens is 2. The van der Waals surface area contributed by atoms with Gasteiger partial charge in [-0.2, -0.15) is 0 Å². The highest BCUT2D eigenvalue weighted by molar-refractivity contribution is 7.17. The van der Waals surface area contributed by atoms with Crippen molar-refractivity contribution in [3.63, 3.8) is 0 Å². The van der Waals surface area contributed by atoms with Gasteiger partial charge in [0.2, 0.25) is 5.76 Å². The standard InChI is InChI=1S/C24H16F2N2O5S/c1-3-32-23(31)21-11(2)27-24(34-21)28-18(12-4-6-13(25)7-5-12)17-19(29)15-10-14(26)8-9-16(15)33-20(17)22(28)30/h4-10,18H,3H2,1-2H3. The minimum atomic E-state index is -1.02. The number of carbonyl (C=O) groups excluding carboxylic acids is 2. The SMILES string of the molecule is CCOC(=O)c1sc(N2C(=O)c3oc4ccc(F)cc4c(=O)c3C2c2ccc(F)cc2)nc1C. The molecule has 5 rings (SSSR count). The number of anilines is 1. The number of aromatic nitrogens is 1. The normalized spacial score (nSPS) is 15.1. The van der Waals surface area contributed by atoms with Crippen LogP contribution >= 0.6 is 11.3 Å². The molecule has 0 fully saturated rings. The molecule has 2 aromatic heterocycles. The summed E-state index contributed by atoms with van der Waals surface area (Å²) in [6.07, 6.45) is 0. The van der Waals surface area contributed by atoms with E-state index in [9.17, 15) is 23.2 Å². The van der Waals surface area contributed by atoms with E-state index in [1.165, 1.54) is 35.2 Å². The number of amides is 1. The smallest absolute Gasteiger partial charge is 0.350 e. The van der Waals surface area contributed by atoms with E-state index in [0.29, 0.717) is 11.3 Å². The zero-order valence-electron chi connectivity index (χ0n) is 17.9. The number of nitrogens with zero attached hydrogens (tertiary/aromatic N) is 2. The molecular weight excluding hydrogens is 466 g/mol. The van der Waals surface area contributed by atoms with Crippen molar-refractivity contribution in [1.82, 2.24) is 4.98 Å². The fraction of sp³-hybridized carbons (Fsp3) is 0.167. The molecule has 0 bridgehead atoms. The van der Waals surface area contributed by atoms with Crippen molar-refractivity contribution in [2.24, 2.45) is 0 Å². The number of fused-ring (bicyclic) bond motifs is 2. The average molecular weight is 482 g/mol. The van der Waals surface area contributed by atoms with Crippen LogP contribution in [0.25, 0.3) is 11.0 Å². The van der Waals surface area contributed by atoms with E-state index in [2.05, 4.69) is 4.98 Å². The van der Waals surface area contributed by atoms with Crippen molar-refractivity contribution in [3.05, 3.63) is 91.8 Å². The summed E-state index contributed by atoms with van der Waals surface area (Å²) in [5, 5.41) is 0.115. The molecule has 0 radical (unpaired) electrons. The van der Waals surface area contributed by atoms with E-state index >= 15 is 0 Å². The first-order chi connectivity index (χ1) is 16.3. The number of carbonyl (C=O) groups is 2. The summed E-state index contributed by atoms with van der Waals surface area (Å²) in [4.78, 5) is 45.1. The summed E-state index contributed by atoms with van der Waals surface area (Å²) in [7, 11) is 0. The number of ether oxygens (including phenoxy) is 1. The maximum Gasteiger partial charge on any atom is 0.350 e. The molecule has 1 atom stereocenters. The maximum atomic E-state index is 13.9. The van der Waals surface area contributed by atoms with Crippen LogP contribution in [0.4, 0.5) is 13.9 Å². The lowest BCUT2D eigenvalue weighted by Crippen LogP contribution is -2.29. The third-order valence-electron chi connectivity index (χ3n) is 5.47. The van der Waals surface area contributed by atoms with Crippen molar-refractivity contribution < 1.29 is 27.5 Å². The van der Waals surface area contributed by atoms with Crippen LogP contribution in [0.5, 0.6) is 0 Å². The van der Waals surface area contributed by atoms with Gasteiger partial charge in [-0.15, -0.1) is 0 Å². The summed E-state index contributed by atoms with van der Waals surface area (Å²) in [6, 6.07) is 7.72. The summed E-state index contributed by atoms with van der Waals surface area (Å²) < 4.78 is 38.4. The predicted octanol–water partition coefficient (Wildman–Crippen LogP) is 4.76. The van der Waals surface area contributed by atoms with Crippen molar-refractivity contribution in [3.8, 4) is 0 Å². The maximum absolute atomic E-state index is 13.9.